The van der Waals surface area contributed by atoms with Gasteiger partial charge >= 0.3 is 0 Å². The van der Waals surface area contributed by atoms with E-state index in [-0.39, 0.29) is 16.6 Å². The van der Waals surface area contributed by atoms with Gasteiger partial charge in [-0.15, -0.1) is 11.3 Å². The van der Waals surface area contributed by atoms with E-state index in [2.05, 4.69) is 9.71 Å². The second-order valence-corrected chi connectivity index (χ2v) is 7.82. The fourth-order valence-corrected chi connectivity index (χ4v) is 4.48. The number of hydrogen-bond acceptors (Lipinski definition) is 5. The van der Waals surface area contributed by atoms with E-state index < -0.39 is 10.0 Å². The highest BCUT2D eigenvalue weighted by molar-refractivity contribution is 7.89. The number of rotatable bonds is 4. The first-order chi connectivity index (χ1) is 9.85. The lowest BCUT2D eigenvalue weighted by Gasteiger charge is -2.14. The van der Waals surface area contributed by atoms with E-state index in [4.69, 9.17) is 5.26 Å². The molecule has 110 valence electrons. The summed E-state index contributed by atoms with van der Waals surface area (Å²) in [5.74, 6) is 0. The van der Waals surface area contributed by atoms with Gasteiger partial charge in [-0.3, -0.25) is 0 Å². The van der Waals surface area contributed by atoms with E-state index in [0.29, 0.717) is 0 Å². The van der Waals surface area contributed by atoms with Gasteiger partial charge in [0.2, 0.25) is 10.0 Å². The molecule has 5 nitrogen and oxygen atoms in total. The highest BCUT2D eigenvalue weighted by Gasteiger charge is 2.23. The van der Waals surface area contributed by atoms with Crippen molar-refractivity contribution in [3.05, 3.63) is 45.4 Å². The molecule has 7 heteroatoms. The fourth-order valence-electron chi connectivity index (χ4n) is 2.13. The number of nitrogens with zero attached hydrogens (tertiary/aromatic N) is 2. The highest BCUT2D eigenvalue weighted by atomic mass is 32.2. The Morgan fingerprint density at radius 2 is 2.14 bits per heavy atom. The van der Waals surface area contributed by atoms with E-state index in [1.165, 1.54) is 18.3 Å². The molecular weight excluding hydrogens is 306 g/mol. The molecule has 0 aliphatic rings. The molecule has 1 N–H and O–H groups in total. The lowest BCUT2D eigenvalue weighted by molar-refractivity contribution is 0.566. The number of thiophene rings is 1. The zero-order valence-corrected chi connectivity index (χ0v) is 13.5. The molecule has 2 rings (SSSR count). The summed E-state index contributed by atoms with van der Waals surface area (Å²) in [7, 11) is -3.79. The van der Waals surface area contributed by atoms with Crippen LogP contribution in [0.5, 0.6) is 0 Å². The van der Waals surface area contributed by atoms with Crippen LogP contribution in [0.25, 0.3) is 0 Å². The Kier molecular flexibility index (Phi) is 4.42. The minimum absolute atomic E-state index is 0.0936. The Morgan fingerprint density at radius 1 is 1.43 bits per heavy atom. The second kappa shape index (κ2) is 5.93. The van der Waals surface area contributed by atoms with Crippen molar-refractivity contribution < 1.29 is 8.42 Å². The molecule has 2 aromatic rings. The number of nitrogens with one attached hydrogen (secondary N) is 1. The normalized spacial score (nSPS) is 12.9. The van der Waals surface area contributed by atoms with Crippen LogP contribution in [-0.4, -0.2) is 13.4 Å². The maximum Gasteiger partial charge on any atom is 0.244 e. The maximum atomic E-state index is 12.4. The van der Waals surface area contributed by atoms with Gasteiger partial charge in [-0.2, -0.15) is 5.26 Å². The molecule has 0 aromatic carbocycles. The number of pyridine rings is 1. The standard InChI is InChI=1S/C14H15N3O2S2/c1-9-7-12(11(3)20-9)10(2)17-21(18,19)14-5-4-6-16-13(14)8-15/h4-7,10,17H,1-3H3. The van der Waals surface area contributed by atoms with Crippen molar-refractivity contribution in [1.82, 2.24) is 9.71 Å². The quantitative estimate of drug-likeness (QED) is 0.938. The molecule has 0 fully saturated rings. The first kappa shape index (κ1) is 15.6. The Labute approximate surface area is 128 Å². The number of sulfonamides is 1. The van der Waals surface area contributed by atoms with Crippen LogP contribution in [0.3, 0.4) is 0 Å². The van der Waals surface area contributed by atoms with Gasteiger partial charge in [0.15, 0.2) is 5.69 Å². The van der Waals surface area contributed by atoms with Crippen molar-refractivity contribution in [1.29, 1.82) is 5.26 Å². The van der Waals surface area contributed by atoms with Crippen LogP contribution in [0, 0.1) is 25.2 Å². The minimum Gasteiger partial charge on any atom is -0.244 e. The molecule has 1 unspecified atom stereocenters. The highest BCUT2D eigenvalue weighted by Crippen LogP contribution is 2.27. The van der Waals surface area contributed by atoms with Crippen LogP contribution >= 0.6 is 11.3 Å². The zero-order chi connectivity index (χ0) is 15.6. The van der Waals surface area contributed by atoms with Gasteiger partial charge in [-0.1, -0.05) is 0 Å². The maximum absolute atomic E-state index is 12.4. The molecular formula is C14H15N3O2S2. The van der Waals surface area contributed by atoms with E-state index >= 15 is 0 Å². The third-order valence-corrected chi connectivity index (χ3v) is 5.60. The average molecular weight is 321 g/mol. The lowest BCUT2D eigenvalue weighted by atomic mass is 10.1. The molecule has 0 amide bonds. The van der Waals surface area contributed by atoms with Crippen LogP contribution in [0.2, 0.25) is 0 Å². The molecule has 0 radical (unpaired) electrons. The molecule has 0 aliphatic carbocycles. The molecule has 0 spiro atoms. The van der Waals surface area contributed by atoms with Crippen molar-refractivity contribution >= 4 is 21.4 Å². The molecule has 0 saturated carbocycles. The number of aromatic nitrogens is 1. The van der Waals surface area contributed by atoms with Gasteiger partial charge in [0.25, 0.3) is 0 Å². The summed E-state index contributed by atoms with van der Waals surface area (Å²) >= 11 is 1.63. The average Bonchev–Trinajstić information content (AvgIpc) is 2.77. The molecule has 0 bridgehead atoms. The van der Waals surface area contributed by atoms with Gasteiger partial charge < -0.3 is 0 Å². The van der Waals surface area contributed by atoms with Gasteiger partial charge in [0.05, 0.1) is 0 Å². The molecule has 1 atom stereocenters. The molecule has 0 saturated heterocycles. The van der Waals surface area contributed by atoms with Crippen LogP contribution in [0.4, 0.5) is 0 Å². The summed E-state index contributed by atoms with van der Waals surface area (Å²) in [5, 5.41) is 8.98. The van der Waals surface area contributed by atoms with Crippen LogP contribution in [0.1, 0.15) is 34.0 Å². The van der Waals surface area contributed by atoms with Crippen molar-refractivity contribution in [2.75, 3.05) is 0 Å². The summed E-state index contributed by atoms with van der Waals surface area (Å²) in [6.45, 7) is 5.73. The van der Waals surface area contributed by atoms with Crippen molar-refractivity contribution in [2.45, 2.75) is 31.7 Å². The third-order valence-electron chi connectivity index (χ3n) is 3.04. The van der Waals surface area contributed by atoms with Gasteiger partial charge in [0.1, 0.15) is 11.0 Å². The SMILES string of the molecule is Cc1cc(C(C)NS(=O)(=O)c2cccnc2C#N)c(C)s1. The summed E-state index contributed by atoms with van der Waals surface area (Å²) in [6.07, 6.45) is 1.40. The Morgan fingerprint density at radius 3 is 2.71 bits per heavy atom. The summed E-state index contributed by atoms with van der Waals surface area (Å²) in [4.78, 5) is 5.90. The van der Waals surface area contributed by atoms with Gasteiger partial charge in [-0.25, -0.2) is 18.1 Å². The first-order valence-electron chi connectivity index (χ1n) is 6.29. The van der Waals surface area contributed by atoms with Crippen LogP contribution in [-0.2, 0) is 10.0 Å². The van der Waals surface area contributed by atoms with Crippen molar-refractivity contribution in [2.24, 2.45) is 0 Å². The molecule has 0 aliphatic heterocycles. The van der Waals surface area contributed by atoms with Crippen molar-refractivity contribution in [3.8, 4) is 6.07 Å². The largest absolute Gasteiger partial charge is 0.244 e. The summed E-state index contributed by atoms with van der Waals surface area (Å²) in [6, 6.07) is 6.29. The van der Waals surface area contributed by atoms with Crippen LogP contribution < -0.4 is 4.72 Å². The minimum atomic E-state index is -3.79. The topological polar surface area (TPSA) is 82.8 Å². The third kappa shape index (κ3) is 3.29. The molecule has 21 heavy (non-hydrogen) atoms. The molecule has 2 aromatic heterocycles. The molecule has 2 heterocycles. The first-order valence-corrected chi connectivity index (χ1v) is 8.59. The van der Waals surface area contributed by atoms with Crippen LogP contribution in [0.15, 0.2) is 29.3 Å². The summed E-state index contributed by atoms with van der Waals surface area (Å²) in [5.41, 5.74) is 0.846. The fraction of sp³-hybridized carbons (Fsp3) is 0.286. The Hall–Kier alpha value is -1.75. The number of nitriles is 1. The van der Waals surface area contributed by atoms with Gasteiger partial charge in [0, 0.05) is 22.0 Å². The predicted octanol–water partition coefficient (Wildman–Crippen LogP) is 2.67. The summed E-state index contributed by atoms with van der Waals surface area (Å²) < 4.78 is 27.4. The van der Waals surface area contributed by atoms with E-state index in [0.717, 1.165) is 15.3 Å². The smallest absolute Gasteiger partial charge is 0.244 e. The van der Waals surface area contributed by atoms with E-state index in [1.54, 1.807) is 24.3 Å². The van der Waals surface area contributed by atoms with Crippen molar-refractivity contribution in [3.63, 3.8) is 0 Å². The monoisotopic (exact) mass is 321 g/mol. The Balaban J connectivity index is 2.34. The Bertz CT molecular complexity index is 804. The zero-order valence-electron chi connectivity index (χ0n) is 11.9. The second-order valence-electron chi connectivity index (χ2n) is 4.67. The van der Waals surface area contributed by atoms with Gasteiger partial charge in [-0.05, 0) is 44.5 Å². The number of aryl methyl sites for hydroxylation is 2. The van der Waals surface area contributed by atoms with E-state index in [9.17, 15) is 8.42 Å². The van der Waals surface area contributed by atoms with E-state index in [1.807, 2.05) is 19.9 Å². The number of hydrogen-bond donors (Lipinski definition) is 1. The lowest BCUT2D eigenvalue weighted by Crippen LogP contribution is -2.27. The predicted molar refractivity (Wildman–Crippen MR) is 81.5 cm³/mol.